The summed E-state index contributed by atoms with van der Waals surface area (Å²) in [6.07, 6.45) is 2.44. The van der Waals surface area contributed by atoms with Crippen LogP contribution >= 0.6 is 11.6 Å². The van der Waals surface area contributed by atoms with E-state index in [0.717, 1.165) is 6.42 Å². The number of hydrogen-bond donors (Lipinski definition) is 2. The molecule has 1 heterocycles. The summed E-state index contributed by atoms with van der Waals surface area (Å²) in [5.41, 5.74) is 0. The summed E-state index contributed by atoms with van der Waals surface area (Å²) in [5.74, 6) is 0.741. The van der Waals surface area contributed by atoms with Crippen molar-refractivity contribution >= 4 is 27.6 Å². The predicted molar refractivity (Wildman–Crippen MR) is 108 cm³/mol. The SMILES string of the molecule is CC(C)CCC(NS(=O)(=O)c1ccc(Cl)cc1)c1ccc(CCCC(=O)O)o1. The third kappa shape index (κ3) is 6.96. The molecule has 154 valence electrons. The zero-order valence-corrected chi connectivity index (χ0v) is 17.6. The van der Waals surface area contributed by atoms with Crippen LogP contribution in [0.2, 0.25) is 5.02 Å². The molecule has 0 spiro atoms. The smallest absolute Gasteiger partial charge is 0.303 e. The van der Waals surface area contributed by atoms with E-state index in [1.54, 1.807) is 12.1 Å². The van der Waals surface area contributed by atoms with E-state index in [9.17, 15) is 13.2 Å². The molecule has 0 radical (unpaired) electrons. The van der Waals surface area contributed by atoms with E-state index >= 15 is 0 Å². The standard InChI is InChI=1S/C20H26ClNO5S/c1-14(2)6-12-18(19-13-9-16(27-19)4-3-5-20(23)24)22-28(25,26)17-10-7-15(21)8-11-17/h7-11,13-14,18,22H,3-6,12H2,1-2H3,(H,23,24). The maximum absolute atomic E-state index is 12.8. The fourth-order valence-corrected chi connectivity index (χ4v) is 4.12. The van der Waals surface area contributed by atoms with Gasteiger partial charge in [-0.25, -0.2) is 13.1 Å². The van der Waals surface area contributed by atoms with Gasteiger partial charge < -0.3 is 9.52 Å². The van der Waals surface area contributed by atoms with Gasteiger partial charge in [-0.05, 0) is 61.6 Å². The number of hydrogen-bond acceptors (Lipinski definition) is 4. The van der Waals surface area contributed by atoms with Crippen LogP contribution in [0.3, 0.4) is 0 Å². The lowest BCUT2D eigenvalue weighted by Crippen LogP contribution is -2.28. The van der Waals surface area contributed by atoms with Crippen LogP contribution in [0.1, 0.15) is 57.1 Å². The molecule has 28 heavy (non-hydrogen) atoms. The van der Waals surface area contributed by atoms with Gasteiger partial charge in [0.05, 0.1) is 10.9 Å². The minimum atomic E-state index is -3.74. The third-order valence-corrected chi connectivity index (χ3v) is 6.03. The molecule has 1 aromatic heterocycles. The van der Waals surface area contributed by atoms with Crippen molar-refractivity contribution in [2.45, 2.75) is 56.9 Å². The molecular formula is C20H26ClNO5S. The molecule has 0 bridgehead atoms. The van der Waals surface area contributed by atoms with E-state index in [-0.39, 0.29) is 11.3 Å². The first-order valence-corrected chi connectivity index (χ1v) is 11.1. The Kier molecular flexibility index (Phi) is 8.10. The molecule has 2 aromatic rings. The monoisotopic (exact) mass is 427 g/mol. The maximum atomic E-state index is 12.8. The van der Waals surface area contributed by atoms with Gasteiger partial charge in [0.15, 0.2) is 0 Å². The highest BCUT2D eigenvalue weighted by Crippen LogP contribution is 2.26. The molecular weight excluding hydrogens is 402 g/mol. The van der Waals surface area contributed by atoms with Crippen LogP contribution in [0, 0.1) is 5.92 Å². The lowest BCUT2D eigenvalue weighted by atomic mass is 10.0. The number of nitrogens with one attached hydrogen (secondary N) is 1. The molecule has 0 saturated carbocycles. The summed E-state index contributed by atoms with van der Waals surface area (Å²) in [6, 6.07) is 9.02. The number of furan rings is 1. The minimum absolute atomic E-state index is 0.0655. The molecule has 0 aliphatic carbocycles. The number of sulfonamides is 1. The molecule has 0 amide bonds. The van der Waals surface area contributed by atoms with Crippen molar-refractivity contribution in [3.63, 3.8) is 0 Å². The molecule has 6 nitrogen and oxygen atoms in total. The van der Waals surface area contributed by atoms with Gasteiger partial charge in [0.25, 0.3) is 0 Å². The number of aliphatic carboxylic acids is 1. The van der Waals surface area contributed by atoms with Crippen molar-refractivity contribution in [1.29, 1.82) is 0 Å². The number of carboxylic acid groups (broad SMARTS) is 1. The lowest BCUT2D eigenvalue weighted by Gasteiger charge is -2.18. The molecule has 1 aromatic carbocycles. The molecule has 0 aliphatic heterocycles. The fourth-order valence-electron chi connectivity index (χ4n) is 2.76. The number of carbonyl (C=O) groups is 1. The Balaban J connectivity index is 2.16. The van der Waals surface area contributed by atoms with Crippen LogP contribution < -0.4 is 4.72 Å². The highest BCUT2D eigenvalue weighted by Gasteiger charge is 2.24. The van der Waals surface area contributed by atoms with Crippen molar-refractivity contribution in [1.82, 2.24) is 4.72 Å². The van der Waals surface area contributed by atoms with Crippen molar-refractivity contribution < 1.29 is 22.7 Å². The van der Waals surface area contributed by atoms with Gasteiger partial charge in [-0.15, -0.1) is 0 Å². The average molecular weight is 428 g/mol. The van der Waals surface area contributed by atoms with Crippen molar-refractivity contribution in [2.24, 2.45) is 5.92 Å². The first kappa shape index (κ1) is 22.5. The number of rotatable bonds is 11. The first-order chi connectivity index (χ1) is 13.2. The fraction of sp³-hybridized carbons (Fsp3) is 0.450. The number of aryl methyl sites for hydroxylation is 1. The van der Waals surface area contributed by atoms with E-state index in [2.05, 4.69) is 18.6 Å². The molecule has 8 heteroatoms. The second-order valence-corrected chi connectivity index (χ2v) is 9.30. The van der Waals surface area contributed by atoms with Gasteiger partial charge in [0.2, 0.25) is 10.0 Å². The van der Waals surface area contributed by atoms with E-state index in [0.29, 0.717) is 41.7 Å². The van der Waals surface area contributed by atoms with Crippen LogP contribution in [-0.2, 0) is 21.2 Å². The van der Waals surface area contributed by atoms with Crippen molar-refractivity contribution in [3.05, 3.63) is 52.9 Å². The molecule has 0 aliphatic rings. The van der Waals surface area contributed by atoms with E-state index in [1.807, 2.05) is 0 Å². The third-order valence-electron chi connectivity index (χ3n) is 4.29. The van der Waals surface area contributed by atoms with Crippen LogP contribution in [0.15, 0.2) is 45.7 Å². The topological polar surface area (TPSA) is 96.6 Å². The van der Waals surface area contributed by atoms with Gasteiger partial charge in [0, 0.05) is 17.9 Å². The van der Waals surface area contributed by atoms with Crippen LogP contribution in [0.25, 0.3) is 0 Å². The van der Waals surface area contributed by atoms with Crippen LogP contribution in [0.5, 0.6) is 0 Å². The zero-order valence-electron chi connectivity index (χ0n) is 16.0. The molecule has 0 fully saturated rings. The quantitative estimate of drug-likeness (QED) is 0.537. The van der Waals surface area contributed by atoms with E-state index in [4.69, 9.17) is 21.1 Å². The Morgan fingerprint density at radius 2 is 1.82 bits per heavy atom. The zero-order chi connectivity index (χ0) is 20.7. The molecule has 1 atom stereocenters. The minimum Gasteiger partial charge on any atom is -0.481 e. The predicted octanol–water partition coefficient (Wildman–Crippen LogP) is 4.80. The Morgan fingerprint density at radius 3 is 2.43 bits per heavy atom. The van der Waals surface area contributed by atoms with E-state index in [1.165, 1.54) is 24.3 Å². The second-order valence-electron chi connectivity index (χ2n) is 7.15. The summed E-state index contributed by atoms with van der Waals surface area (Å²) in [5, 5.41) is 9.21. The van der Waals surface area contributed by atoms with Gasteiger partial charge >= 0.3 is 5.97 Å². The van der Waals surface area contributed by atoms with Gasteiger partial charge in [0.1, 0.15) is 11.5 Å². The summed E-state index contributed by atoms with van der Waals surface area (Å²) in [7, 11) is -3.74. The molecule has 0 saturated heterocycles. The summed E-state index contributed by atoms with van der Waals surface area (Å²) in [6.45, 7) is 4.15. The summed E-state index contributed by atoms with van der Waals surface area (Å²) in [4.78, 5) is 10.8. The molecule has 2 N–H and O–H groups in total. The maximum Gasteiger partial charge on any atom is 0.303 e. The van der Waals surface area contributed by atoms with Crippen LogP contribution in [-0.4, -0.2) is 19.5 Å². The Morgan fingerprint density at radius 1 is 1.14 bits per heavy atom. The Bertz CT molecular complexity index is 874. The Labute approximate surface area is 171 Å². The van der Waals surface area contributed by atoms with Crippen molar-refractivity contribution in [2.75, 3.05) is 0 Å². The van der Waals surface area contributed by atoms with Gasteiger partial charge in [-0.1, -0.05) is 25.4 Å². The summed E-state index contributed by atoms with van der Waals surface area (Å²) < 4.78 is 34.1. The second kappa shape index (κ2) is 10.1. The number of benzene rings is 1. The largest absolute Gasteiger partial charge is 0.481 e. The first-order valence-electron chi connectivity index (χ1n) is 9.25. The molecule has 2 rings (SSSR count). The van der Waals surface area contributed by atoms with E-state index < -0.39 is 22.0 Å². The highest BCUT2D eigenvalue weighted by atomic mass is 35.5. The highest BCUT2D eigenvalue weighted by molar-refractivity contribution is 7.89. The average Bonchev–Trinajstić information content (AvgIpc) is 3.07. The van der Waals surface area contributed by atoms with Gasteiger partial charge in [-0.2, -0.15) is 0 Å². The van der Waals surface area contributed by atoms with Gasteiger partial charge in [-0.3, -0.25) is 4.79 Å². The van der Waals surface area contributed by atoms with Crippen LogP contribution in [0.4, 0.5) is 0 Å². The lowest BCUT2D eigenvalue weighted by molar-refractivity contribution is -0.137. The number of carboxylic acids is 1. The molecule has 1 unspecified atom stereocenters. The Hall–Kier alpha value is -1.83. The normalized spacial score (nSPS) is 13.0. The summed E-state index contributed by atoms with van der Waals surface area (Å²) >= 11 is 5.84. The number of halogens is 1. The van der Waals surface area contributed by atoms with Crippen molar-refractivity contribution in [3.8, 4) is 0 Å².